The molecule has 2 unspecified atom stereocenters. The van der Waals surface area contributed by atoms with E-state index in [-0.39, 0.29) is 6.61 Å². The van der Waals surface area contributed by atoms with Gasteiger partial charge >= 0.3 is 6.09 Å². The van der Waals surface area contributed by atoms with Crippen molar-refractivity contribution < 1.29 is 14.6 Å². The number of aliphatic hydroxyl groups is 1. The largest absolute Gasteiger partial charge is 0.445 e. The number of carbonyl (C=O) groups is 1. The van der Waals surface area contributed by atoms with Gasteiger partial charge in [-0.3, -0.25) is 0 Å². The Kier molecular flexibility index (Phi) is 7.41. The topological polar surface area (TPSA) is 58.6 Å². The first-order chi connectivity index (χ1) is 9.49. The average Bonchev–Trinajstić information content (AvgIpc) is 2.43. The molecule has 0 radical (unpaired) electrons. The van der Waals surface area contributed by atoms with Crippen LogP contribution in [0.25, 0.3) is 0 Å². The van der Waals surface area contributed by atoms with Crippen LogP contribution in [0.2, 0.25) is 0 Å². The van der Waals surface area contributed by atoms with E-state index in [1.165, 1.54) is 0 Å². The molecule has 5 heteroatoms. The normalized spacial score (nSPS) is 13.8. The maximum Gasteiger partial charge on any atom is 0.408 e. The molecule has 20 heavy (non-hydrogen) atoms. The summed E-state index contributed by atoms with van der Waals surface area (Å²) < 4.78 is 5.03. The van der Waals surface area contributed by atoms with E-state index in [1.807, 2.05) is 30.3 Å². The van der Waals surface area contributed by atoms with E-state index >= 15 is 0 Å². The molecule has 2 N–H and O–H groups in total. The van der Waals surface area contributed by atoms with E-state index in [2.05, 4.69) is 19.2 Å². The Morgan fingerprint density at radius 2 is 1.95 bits per heavy atom. The molecule has 0 bridgehead atoms. The second-order valence-corrected chi connectivity index (χ2v) is 5.62. The van der Waals surface area contributed by atoms with Gasteiger partial charge in [-0.15, -0.1) is 0 Å². The van der Waals surface area contributed by atoms with Crippen LogP contribution in [0.5, 0.6) is 0 Å². The summed E-state index contributed by atoms with van der Waals surface area (Å²) in [6.45, 7) is 4.31. The van der Waals surface area contributed by atoms with Crippen molar-refractivity contribution in [2.45, 2.75) is 44.9 Å². The van der Waals surface area contributed by atoms with E-state index < -0.39 is 17.7 Å². The van der Waals surface area contributed by atoms with Gasteiger partial charge in [0.1, 0.15) is 12.1 Å². The zero-order valence-corrected chi connectivity index (χ0v) is 12.6. The number of nitrogens with one attached hydrogen (secondary N) is 1. The lowest BCUT2D eigenvalue weighted by Gasteiger charge is -2.19. The van der Waals surface area contributed by atoms with Gasteiger partial charge in [0, 0.05) is 0 Å². The van der Waals surface area contributed by atoms with Crippen LogP contribution in [0.1, 0.15) is 32.3 Å². The number of hydrogen-bond donors (Lipinski definition) is 2. The fraction of sp³-hybridized carbons (Fsp3) is 0.533. The number of amides is 1. The fourth-order valence-corrected chi connectivity index (χ4v) is 1.84. The van der Waals surface area contributed by atoms with Crippen molar-refractivity contribution >= 4 is 17.7 Å². The molecular formula is C15H22ClNO3. The molecule has 0 aliphatic heterocycles. The van der Waals surface area contributed by atoms with Gasteiger partial charge < -0.3 is 15.2 Å². The molecule has 2 atom stereocenters. The minimum absolute atomic E-state index is 0.179. The van der Waals surface area contributed by atoms with E-state index in [4.69, 9.17) is 16.3 Å². The van der Waals surface area contributed by atoms with Crippen LogP contribution in [0.4, 0.5) is 4.79 Å². The fourth-order valence-electron chi connectivity index (χ4n) is 1.62. The zero-order chi connectivity index (χ0) is 15.0. The van der Waals surface area contributed by atoms with Crippen LogP contribution < -0.4 is 5.32 Å². The zero-order valence-electron chi connectivity index (χ0n) is 11.9. The Morgan fingerprint density at radius 3 is 2.55 bits per heavy atom. The van der Waals surface area contributed by atoms with Gasteiger partial charge in [0.2, 0.25) is 0 Å². The molecular weight excluding hydrogens is 278 g/mol. The molecule has 0 saturated carbocycles. The maximum absolute atomic E-state index is 11.5. The van der Waals surface area contributed by atoms with Crippen molar-refractivity contribution in [1.29, 1.82) is 0 Å². The first-order valence-electron chi connectivity index (χ1n) is 6.78. The monoisotopic (exact) mass is 299 g/mol. The van der Waals surface area contributed by atoms with E-state index in [9.17, 15) is 9.90 Å². The highest BCUT2D eigenvalue weighted by Gasteiger charge is 2.19. The van der Waals surface area contributed by atoms with Crippen molar-refractivity contribution in [3.05, 3.63) is 35.9 Å². The third-order valence-electron chi connectivity index (χ3n) is 2.85. The van der Waals surface area contributed by atoms with Crippen molar-refractivity contribution in [2.75, 3.05) is 0 Å². The number of carbonyl (C=O) groups excluding carboxylic acids is 1. The average molecular weight is 300 g/mol. The molecule has 1 amide bonds. The van der Waals surface area contributed by atoms with Gasteiger partial charge in [-0.2, -0.15) is 0 Å². The second-order valence-electron chi connectivity index (χ2n) is 5.15. The van der Waals surface area contributed by atoms with Crippen LogP contribution in [0.15, 0.2) is 30.3 Å². The first kappa shape index (κ1) is 16.8. The number of benzene rings is 1. The van der Waals surface area contributed by atoms with Gasteiger partial charge in [0.15, 0.2) is 0 Å². The Hall–Kier alpha value is -1.26. The maximum atomic E-state index is 11.5. The number of hydrogen-bond acceptors (Lipinski definition) is 3. The van der Waals surface area contributed by atoms with E-state index in [0.29, 0.717) is 12.3 Å². The molecule has 0 saturated heterocycles. The molecule has 0 aliphatic rings. The number of ether oxygens (including phenoxy) is 1. The minimum atomic E-state index is -0.836. The summed E-state index contributed by atoms with van der Waals surface area (Å²) in [5, 5.41) is 12.2. The van der Waals surface area contributed by atoms with Crippen LogP contribution in [0.3, 0.4) is 0 Å². The van der Waals surface area contributed by atoms with E-state index in [0.717, 1.165) is 12.0 Å². The van der Waals surface area contributed by atoms with Gasteiger partial charge in [0.05, 0.1) is 6.10 Å². The summed E-state index contributed by atoms with van der Waals surface area (Å²) in [4.78, 5) is 11.5. The lowest BCUT2D eigenvalue weighted by Crippen LogP contribution is -2.39. The molecule has 0 fully saturated rings. The standard InChI is InChI=1S/C15H22ClNO3/c1-11(2)8-9-13(18)14(16)17-15(19)20-10-12-6-4-3-5-7-12/h3-7,11,13-14,18H,8-10H2,1-2H3,(H,17,19). The van der Waals surface area contributed by atoms with Gasteiger partial charge in [-0.1, -0.05) is 55.8 Å². The van der Waals surface area contributed by atoms with Gasteiger partial charge in [-0.25, -0.2) is 4.79 Å². The third-order valence-corrected chi connectivity index (χ3v) is 3.25. The Bertz CT molecular complexity index is 397. The summed E-state index contributed by atoms with van der Waals surface area (Å²) in [7, 11) is 0. The molecule has 0 heterocycles. The smallest absolute Gasteiger partial charge is 0.408 e. The van der Waals surface area contributed by atoms with Gasteiger partial charge in [0.25, 0.3) is 0 Å². The van der Waals surface area contributed by atoms with Crippen molar-refractivity contribution in [1.82, 2.24) is 5.32 Å². The second kappa shape index (κ2) is 8.82. The molecule has 4 nitrogen and oxygen atoms in total. The molecule has 1 aromatic rings. The SMILES string of the molecule is CC(C)CCC(O)C(Cl)NC(=O)OCc1ccccc1. The highest BCUT2D eigenvalue weighted by Crippen LogP contribution is 2.12. The number of alkyl halides is 1. The van der Waals surface area contributed by atoms with E-state index in [1.54, 1.807) is 0 Å². The number of alkyl carbamates (subject to hydrolysis) is 1. The molecule has 0 aromatic heterocycles. The molecule has 112 valence electrons. The van der Waals surface area contributed by atoms with Crippen LogP contribution in [-0.2, 0) is 11.3 Å². The number of rotatable bonds is 7. The first-order valence-corrected chi connectivity index (χ1v) is 7.22. The highest BCUT2D eigenvalue weighted by atomic mass is 35.5. The van der Waals surface area contributed by atoms with Crippen molar-refractivity contribution in [3.8, 4) is 0 Å². The highest BCUT2D eigenvalue weighted by molar-refractivity contribution is 6.21. The predicted octanol–water partition coefficient (Wildman–Crippen LogP) is 3.27. The third kappa shape index (κ3) is 6.78. The summed E-state index contributed by atoms with van der Waals surface area (Å²) in [6, 6.07) is 9.36. The minimum Gasteiger partial charge on any atom is -0.445 e. The summed E-state index contributed by atoms with van der Waals surface area (Å²) in [5.41, 5.74) is 0.0613. The van der Waals surface area contributed by atoms with Crippen LogP contribution in [0, 0.1) is 5.92 Å². The Labute approximate surface area is 125 Å². The number of aliphatic hydroxyl groups excluding tert-OH is 1. The quantitative estimate of drug-likeness (QED) is 0.600. The lowest BCUT2D eigenvalue weighted by molar-refractivity contribution is 0.113. The molecule has 1 rings (SSSR count). The van der Waals surface area contributed by atoms with Crippen LogP contribution in [-0.4, -0.2) is 22.8 Å². The lowest BCUT2D eigenvalue weighted by atomic mass is 10.1. The summed E-state index contributed by atoms with van der Waals surface area (Å²) >= 11 is 5.93. The van der Waals surface area contributed by atoms with Crippen LogP contribution >= 0.6 is 11.6 Å². The van der Waals surface area contributed by atoms with Crippen molar-refractivity contribution in [3.63, 3.8) is 0 Å². The summed E-state index contributed by atoms with van der Waals surface area (Å²) in [6.07, 6.45) is -0.00331. The Morgan fingerprint density at radius 1 is 1.30 bits per heavy atom. The molecule has 0 spiro atoms. The van der Waals surface area contributed by atoms with Gasteiger partial charge in [-0.05, 0) is 24.3 Å². The molecule has 1 aromatic carbocycles. The molecule has 0 aliphatic carbocycles. The number of halogens is 1. The Balaban J connectivity index is 2.27. The summed E-state index contributed by atoms with van der Waals surface area (Å²) in [5.74, 6) is 0.485. The predicted molar refractivity (Wildman–Crippen MR) is 79.5 cm³/mol. The van der Waals surface area contributed by atoms with Crippen molar-refractivity contribution in [2.24, 2.45) is 5.92 Å².